The Morgan fingerprint density at radius 3 is 2.48 bits per heavy atom. The smallest absolute Gasteiger partial charge is 0.338 e. The van der Waals surface area contributed by atoms with Crippen molar-refractivity contribution in [2.45, 2.75) is 52.1 Å². The minimum Gasteiger partial charge on any atom is -0.456 e. The van der Waals surface area contributed by atoms with E-state index in [1.165, 1.54) is 0 Å². The summed E-state index contributed by atoms with van der Waals surface area (Å²) in [6, 6.07) is 7.76. The second-order valence-corrected chi connectivity index (χ2v) is 6.76. The number of carbonyl (C=O) groups is 1. The summed E-state index contributed by atoms with van der Waals surface area (Å²) >= 11 is 0. The molecule has 0 radical (unpaired) electrons. The molecule has 1 aliphatic rings. The van der Waals surface area contributed by atoms with Crippen molar-refractivity contribution in [1.29, 1.82) is 0 Å². The van der Waals surface area contributed by atoms with Gasteiger partial charge in [0, 0.05) is 5.92 Å². The summed E-state index contributed by atoms with van der Waals surface area (Å²) in [5.74, 6) is 0.549. The molecule has 3 nitrogen and oxygen atoms in total. The Bertz CT molecular complexity index is 488. The van der Waals surface area contributed by atoms with Crippen molar-refractivity contribution >= 4 is 5.97 Å². The van der Waals surface area contributed by atoms with Gasteiger partial charge in [-0.1, -0.05) is 32.0 Å². The molecule has 1 heterocycles. The molecule has 116 valence electrons. The minimum absolute atomic E-state index is 0.192. The van der Waals surface area contributed by atoms with E-state index in [-0.39, 0.29) is 5.97 Å². The lowest BCUT2D eigenvalue weighted by Crippen LogP contribution is -2.42. The van der Waals surface area contributed by atoms with Gasteiger partial charge in [-0.15, -0.1) is 0 Å². The molecule has 0 amide bonds. The third-order valence-corrected chi connectivity index (χ3v) is 4.48. The SMILES string of the molecule is CC(C)c1ccccc1C(=O)OC(C)(C)C1CCNCC1. The lowest BCUT2D eigenvalue weighted by atomic mass is 9.83. The molecule has 0 spiro atoms. The summed E-state index contributed by atoms with van der Waals surface area (Å²) < 4.78 is 5.89. The minimum atomic E-state index is -0.413. The monoisotopic (exact) mass is 289 g/mol. The van der Waals surface area contributed by atoms with Crippen LogP contribution in [0.25, 0.3) is 0 Å². The van der Waals surface area contributed by atoms with Gasteiger partial charge in [0.1, 0.15) is 5.60 Å². The van der Waals surface area contributed by atoms with Gasteiger partial charge in [0.15, 0.2) is 0 Å². The van der Waals surface area contributed by atoms with Gasteiger partial charge in [-0.2, -0.15) is 0 Å². The van der Waals surface area contributed by atoms with Gasteiger partial charge in [0.2, 0.25) is 0 Å². The Morgan fingerprint density at radius 1 is 1.24 bits per heavy atom. The van der Waals surface area contributed by atoms with Gasteiger partial charge in [-0.05, 0) is 57.3 Å². The molecule has 1 aromatic rings. The Labute approximate surface area is 128 Å². The van der Waals surface area contributed by atoms with Crippen LogP contribution in [0.1, 0.15) is 62.4 Å². The Hall–Kier alpha value is -1.35. The summed E-state index contributed by atoms with van der Waals surface area (Å²) in [7, 11) is 0. The molecule has 0 atom stereocenters. The molecule has 1 aromatic carbocycles. The van der Waals surface area contributed by atoms with Crippen molar-refractivity contribution in [2.75, 3.05) is 13.1 Å². The van der Waals surface area contributed by atoms with E-state index in [0.717, 1.165) is 31.5 Å². The van der Waals surface area contributed by atoms with Crippen molar-refractivity contribution in [3.63, 3.8) is 0 Å². The average molecular weight is 289 g/mol. The number of carbonyl (C=O) groups excluding carboxylic acids is 1. The molecule has 1 saturated heterocycles. The zero-order valence-electron chi connectivity index (χ0n) is 13.6. The molecule has 0 saturated carbocycles. The number of hydrogen-bond donors (Lipinski definition) is 1. The van der Waals surface area contributed by atoms with Gasteiger partial charge in [-0.3, -0.25) is 0 Å². The van der Waals surface area contributed by atoms with Gasteiger partial charge < -0.3 is 10.1 Å². The van der Waals surface area contributed by atoms with E-state index in [4.69, 9.17) is 4.74 Å². The summed E-state index contributed by atoms with van der Waals surface area (Å²) in [4.78, 5) is 12.6. The van der Waals surface area contributed by atoms with E-state index in [1.54, 1.807) is 0 Å². The number of benzene rings is 1. The largest absolute Gasteiger partial charge is 0.456 e. The number of ether oxygens (including phenoxy) is 1. The molecule has 0 aliphatic carbocycles. The highest BCUT2D eigenvalue weighted by Gasteiger charge is 2.34. The highest BCUT2D eigenvalue weighted by Crippen LogP contribution is 2.30. The maximum atomic E-state index is 12.6. The molecule has 3 heteroatoms. The van der Waals surface area contributed by atoms with Crippen molar-refractivity contribution in [3.8, 4) is 0 Å². The van der Waals surface area contributed by atoms with E-state index in [1.807, 2.05) is 38.1 Å². The maximum absolute atomic E-state index is 12.6. The lowest BCUT2D eigenvalue weighted by molar-refractivity contribution is -0.0369. The van der Waals surface area contributed by atoms with Crippen molar-refractivity contribution in [1.82, 2.24) is 5.32 Å². The zero-order valence-corrected chi connectivity index (χ0v) is 13.6. The summed E-state index contributed by atoms with van der Waals surface area (Å²) in [5.41, 5.74) is 1.35. The number of piperidine rings is 1. The van der Waals surface area contributed by atoms with E-state index in [0.29, 0.717) is 17.4 Å². The summed E-state index contributed by atoms with van der Waals surface area (Å²) in [6.07, 6.45) is 2.12. The molecular weight excluding hydrogens is 262 g/mol. The van der Waals surface area contributed by atoms with Gasteiger partial charge in [-0.25, -0.2) is 4.79 Å². The molecule has 1 N–H and O–H groups in total. The van der Waals surface area contributed by atoms with Crippen LogP contribution in [0.3, 0.4) is 0 Å². The fourth-order valence-electron chi connectivity index (χ4n) is 3.08. The van der Waals surface area contributed by atoms with Crippen LogP contribution in [0.2, 0.25) is 0 Å². The van der Waals surface area contributed by atoms with Crippen LogP contribution < -0.4 is 5.32 Å². The standard InChI is InChI=1S/C18H27NO2/c1-13(2)15-7-5-6-8-16(15)17(20)21-18(3,4)14-9-11-19-12-10-14/h5-8,13-14,19H,9-12H2,1-4H3. The first-order valence-electron chi connectivity index (χ1n) is 7.95. The first-order valence-corrected chi connectivity index (χ1v) is 7.95. The van der Waals surface area contributed by atoms with Crippen LogP contribution in [0.4, 0.5) is 0 Å². The van der Waals surface area contributed by atoms with Crippen LogP contribution in [-0.2, 0) is 4.74 Å². The van der Waals surface area contributed by atoms with Crippen LogP contribution in [0.5, 0.6) is 0 Å². The van der Waals surface area contributed by atoms with Crippen molar-refractivity contribution in [2.24, 2.45) is 5.92 Å². The van der Waals surface area contributed by atoms with Crippen LogP contribution in [0, 0.1) is 5.92 Å². The normalized spacial score (nSPS) is 17.0. The third-order valence-electron chi connectivity index (χ3n) is 4.48. The second-order valence-electron chi connectivity index (χ2n) is 6.76. The summed E-state index contributed by atoms with van der Waals surface area (Å²) in [5, 5.41) is 3.36. The first kappa shape index (κ1) is 16.0. The lowest BCUT2D eigenvalue weighted by Gasteiger charge is -2.36. The molecule has 0 aromatic heterocycles. The van der Waals surface area contributed by atoms with E-state index in [2.05, 4.69) is 19.2 Å². The van der Waals surface area contributed by atoms with Crippen molar-refractivity contribution in [3.05, 3.63) is 35.4 Å². The molecule has 1 fully saturated rings. The predicted molar refractivity (Wildman–Crippen MR) is 85.6 cm³/mol. The number of nitrogens with one attached hydrogen (secondary N) is 1. The third kappa shape index (κ3) is 3.85. The Morgan fingerprint density at radius 2 is 1.86 bits per heavy atom. The number of rotatable bonds is 4. The quantitative estimate of drug-likeness (QED) is 0.858. The Balaban J connectivity index is 2.13. The fourth-order valence-corrected chi connectivity index (χ4v) is 3.08. The molecule has 1 aliphatic heterocycles. The van der Waals surface area contributed by atoms with E-state index in [9.17, 15) is 4.79 Å². The first-order chi connectivity index (χ1) is 9.92. The van der Waals surface area contributed by atoms with Gasteiger partial charge in [0.25, 0.3) is 0 Å². The van der Waals surface area contributed by atoms with Crippen LogP contribution >= 0.6 is 0 Å². The topological polar surface area (TPSA) is 38.3 Å². The van der Waals surface area contributed by atoms with Crippen molar-refractivity contribution < 1.29 is 9.53 Å². The van der Waals surface area contributed by atoms with Gasteiger partial charge >= 0.3 is 5.97 Å². The second kappa shape index (κ2) is 6.61. The van der Waals surface area contributed by atoms with Crippen LogP contribution in [0.15, 0.2) is 24.3 Å². The zero-order chi connectivity index (χ0) is 15.5. The average Bonchev–Trinajstić information content (AvgIpc) is 2.47. The van der Waals surface area contributed by atoms with Gasteiger partial charge in [0.05, 0.1) is 5.56 Å². The highest BCUT2D eigenvalue weighted by atomic mass is 16.6. The fraction of sp³-hybridized carbons (Fsp3) is 0.611. The van der Waals surface area contributed by atoms with Crippen LogP contribution in [-0.4, -0.2) is 24.7 Å². The number of hydrogen-bond acceptors (Lipinski definition) is 3. The molecular formula is C18H27NO2. The Kier molecular flexibility index (Phi) is 5.04. The number of esters is 1. The highest BCUT2D eigenvalue weighted by molar-refractivity contribution is 5.91. The molecule has 0 unspecified atom stereocenters. The maximum Gasteiger partial charge on any atom is 0.338 e. The van der Waals surface area contributed by atoms with E-state index >= 15 is 0 Å². The molecule has 2 rings (SSSR count). The predicted octanol–water partition coefficient (Wildman–Crippen LogP) is 3.75. The molecule has 21 heavy (non-hydrogen) atoms. The van der Waals surface area contributed by atoms with E-state index < -0.39 is 5.60 Å². The molecule has 0 bridgehead atoms. The summed E-state index contributed by atoms with van der Waals surface area (Å²) in [6.45, 7) is 10.3.